The number of anilines is 3. The van der Waals surface area contributed by atoms with Gasteiger partial charge in [0.15, 0.2) is 0 Å². The third kappa shape index (κ3) is 6.19. The Morgan fingerprint density at radius 2 is 1.82 bits per heavy atom. The molecule has 1 saturated heterocycles. The van der Waals surface area contributed by atoms with Crippen molar-refractivity contribution >= 4 is 23.2 Å². The highest BCUT2D eigenvalue weighted by Gasteiger charge is 2.27. The van der Waals surface area contributed by atoms with Crippen molar-refractivity contribution in [1.82, 2.24) is 15.3 Å². The second-order valence-electron chi connectivity index (χ2n) is 7.42. The number of aromatic nitrogens is 2. The zero-order valence-electron chi connectivity index (χ0n) is 17.6. The Labute approximate surface area is 188 Å². The number of nitrogens with one attached hydrogen (secondary N) is 2. The predicted octanol–water partition coefficient (Wildman–Crippen LogP) is 4.02. The monoisotopic (exact) mass is 457 g/mol. The van der Waals surface area contributed by atoms with Crippen LogP contribution in [0.25, 0.3) is 11.3 Å². The fraction of sp³-hybridized carbons (Fsp3) is 0.261. The van der Waals surface area contributed by atoms with Crippen LogP contribution in [0.2, 0.25) is 0 Å². The number of carbonyl (C=O) groups excluding carboxylic acids is 1. The smallest absolute Gasteiger partial charge is 0.378 e. The van der Waals surface area contributed by atoms with Crippen LogP contribution in [0.1, 0.15) is 10.4 Å². The number of nitrogens with zero attached hydrogens (tertiary/aromatic N) is 3. The lowest BCUT2D eigenvalue weighted by Crippen LogP contribution is -2.36. The molecule has 2 heterocycles. The summed E-state index contributed by atoms with van der Waals surface area (Å²) in [7, 11) is 0. The highest BCUT2D eigenvalue weighted by molar-refractivity contribution is 5.94. The molecule has 1 aromatic heterocycles. The Hall–Kier alpha value is -3.66. The molecule has 0 spiro atoms. The molecule has 0 bridgehead atoms. The van der Waals surface area contributed by atoms with Crippen molar-refractivity contribution in [3.63, 3.8) is 0 Å². The maximum Gasteiger partial charge on any atom is 0.405 e. The number of ether oxygens (including phenoxy) is 1. The third-order valence-corrected chi connectivity index (χ3v) is 5.03. The molecular weight excluding hydrogens is 435 g/mol. The summed E-state index contributed by atoms with van der Waals surface area (Å²) in [5.74, 6) is -0.386. The van der Waals surface area contributed by atoms with E-state index < -0.39 is 18.6 Å². The number of halogens is 3. The molecule has 1 aliphatic rings. The quantitative estimate of drug-likeness (QED) is 0.582. The van der Waals surface area contributed by atoms with Crippen LogP contribution in [0.3, 0.4) is 0 Å². The minimum absolute atomic E-state index is 0.135. The Kier molecular flexibility index (Phi) is 6.74. The molecule has 33 heavy (non-hydrogen) atoms. The van der Waals surface area contributed by atoms with E-state index in [2.05, 4.69) is 20.2 Å². The summed E-state index contributed by atoms with van der Waals surface area (Å²) in [6.07, 6.45) is -2.85. The van der Waals surface area contributed by atoms with E-state index in [1.807, 2.05) is 29.6 Å². The van der Waals surface area contributed by atoms with Crippen LogP contribution in [0.5, 0.6) is 0 Å². The highest BCUT2D eigenvalue weighted by atomic mass is 19.4. The van der Waals surface area contributed by atoms with Gasteiger partial charge in [0.1, 0.15) is 6.54 Å². The van der Waals surface area contributed by atoms with E-state index in [-0.39, 0.29) is 5.56 Å². The van der Waals surface area contributed by atoms with Gasteiger partial charge in [0.05, 0.1) is 18.9 Å². The zero-order valence-corrected chi connectivity index (χ0v) is 17.6. The summed E-state index contributed by atoms with van der Waals surface area (Å²) >= 11 is 0. The number of rotatable bonds is 6. The van der Waals surface area contributed by atoms with Crippen molar-refractivity contribution in [3.8, 4) is 11.3 Å². The number of benzene rings is 2. The lowest BCUT2D eigenvalue weighted by molar-refractivity contribution is -0.123. The molecule has 0 atom stereocenters. The van der Waals surface area contributed by atoms with E-state index in [0.29, 0.717) is 30.4 Å². The molecule has 1 fully saturated rings. The van der Waals surface area contributed by atoms with Crippen molar-refractivity contribution < 1.29 is 22.7 Å². The molecule has 2 N–H and O–H groups in total. The topological polar surface area (TPSA) is 79.4 Å². The minimum Gasteiger partial charge on any atom is -0.378 e. The van der Waals surface area contributed by atoms with Gasteiger partial charge in [-0.2, -0.15) is 13.2 Å². The summed E-state index contributed by atoms with van der Waals surface area (Å²) in [5, 5.41) is 5.06. The molecule has 1 amide bonds. The van der Waals surface area contributed by atoms with Crippen LogP contribution in [-0.4, -0.2) is 54.9 Å². The molecule has 0 radical (unpaired) electrons. The van der Waals surface area contributed by atoms with Gasteiger partial charge in [-0.3, -0.25) is 4.79 Å². The van der Waals surface area contributed by atoms with Crippen molar-refractivity contribution in [2.45, 2.75) is 6.18 Å². The Balaban J connectivity index is 1.44. The number of alkyl halides is 3. The maximum atomic E-state index is 12.3. The zero-order chi connectivity index (χ0) is 23.3. The van der Waals surface area contributed by atoms with E-state index in [1.165, 1.54) is 12.1 Å². The molecule has 3 aromatic rings. The van der Waals surface area contributed by atoms with Crippen LogP contribution in [0.4, 0.5) is 30.5 Å². The van der Waals surface area contributed by atoms with E-state index >= 15 is 0 Å². The number of amides is 1. The van der Waals surface area contributed by atoms with Gasteiger partial charge in [-0.1, -0.05) is 18.2 Å². The van der Waals surface area contributed by atoms with E-state index in [1.54, 1.807) is 24.4 Å². The molecule has 172 valence electrons. The Morgan fingerprint density at radius 3 is 2.55 bits per heavy atom. The first kappa shape index (κ1) is 22.5. The summed E-state index contributed by atoms with van der Waals surface area (Å²) in [4.78, 5) is 22.9. The molecule has 0 aliphatic carbocycles. The predicted molar refractivity (Wildman–Crippen MR) is 119 cm³/mol. The minimum atomic E-state index is -4.46. The van der Waals surface area contributed by atoms with Crippen molar-refractivity contribution in [2.75, 3.05) is 43.1 Å². The first-order valence-electron chi connectivity index (χ1n) is 10.4. The summed E-state index contributed by atoms with van der Waals surface area (Å²) in [6.45, 7) is 1.69. The van der Waals surface area contributed by atoms with E-state index in [4.69, 9.17) is 4.74 Å². The van der Waals surface area contributed by atoms with Gasteiger partial charge in [0.25, 0.3) is 5.91 Å². The second-order valence-corrected chi connectivity index (χ2v) is 7.42. The highest BCUT2D eigenvalue weighted by Crippen LogP contribution is 2.24. The van der Waals surface area contributed by atoms with Crippen LogP contribution in [-0.2, 0) is 4.74 Å². The number of hydrogen-bond acceptors (Lipinski definition) is 6. The largest absolute Gasteiger partial charge is 0.405 e. The fourth-order valence-electron chi connectivity index (χ4n) is 3.39. The van der Waals surface area contributed by atoms with Crippen molar-refractivity contribution in [1.29, 1.82) is 0 Å². The van der Waals surface area contributed by atoms with Gasteiger partial charge in [0, 0.05) is 41.8 Å². The van der Waals surface area contributed by atoms with Gasteiger partial charge < -0.3 is 20.3 Å². The van der Waals surface area contributed by atoms with Crippen LogP contribution in [0.15, 0.2) is 60.8 Å². The summed E-state index contributed by atoms with van der Waals surface area (Å²) < 4.78 is 42.3. The van der Waals surface area contributed by atoms with E-state index in [9.17, 15) is 18.0 Å². The SMILES string of the molecule is O=C(NCC(F)(F)F)c1ccc(-c2ccnc(Nc3cccc(N4CCOCC4)c3)n2)cc1. The molecule has 0 saturated carbocycles. The third-order valence-electron chi connectivity index (χ3n) is 5.03. The van der Waals surface area contributed by atoms with E-state index in [0.717, 1.165) is 24.5 Å². The van der Waals surface area contributed by atoms with Crippen LogP contribution in [0, 0.1) is 0 Å². The lowest BCUT2D eigenvalue weighted by atomic mass is 10.1. The molecular formula is C23H22F3N5O2. The Bertz CT molecular complexity index is 1100. The van der Waals surface area contributed by atoms with Crippen molar-refractivity contribution in [2.24, 2.45) is 0 Å². The van der Waals surface area contributed by atoms with Gasteiger partial charge in [-0.05, 0) is 36.4 Å². The average molecular weight is 457 g/mol. The van der Waals surface area contributed by atoms with Crippen LogP contribution >= 0.6 is 0 Å². The van der Waals surface area contributed by atoms with Crippen LogP contribution < -0.4 is 15.5 Å². The first-order valence-corrected chi connectivity index (χ1v) is 10.4. The molecule has 10 heteroatoms. The summed E-state index contributed by atoms with van der Waals surface area (Å²) in [6, 6.07) is 15.9. The fourth-order valence-corrected chi connectivity index (χ4v) is 3.39. The molecule has 4 rings (SSSR count). The molecule has 0 unspecified atom stereocenters. The summed E-state index contributed by atoms with van der Waals surface area (Å²) in [5.41, 5.74) is 3.37. The second kappa shape index (κ2) is 9.86. The number of morpholine rings is 1. The number of hydrogen-bond donors (Lipinski definition) is 2. The molecule has 2 aromatic carbocycles. The Morgan fingerprint density at radius 1 is 1.06 bits per heavy atom. The van der Waals surface area contributed by atoms with Gasteiger partial charge in [-0.15, -0.1) is 0 Å². The molecule has 7 nitrogen and oxygen atoms in total. The normalized spacial score (nSPS) is 14.1. The molecule has 1 aliphatic heterocycles. The van der Waals surface area contributed by atoms with Crippen molar-refractivity contribution in [3.05, 3.63) is 66.4 Å². The van der Waals surface area contributed by atoms with Gasteiger partial charge >= 0.3 is 6.18 Å². The van der Waals surface area contributed by atoms with Gasteiger partial charge in [-0.25, -0.2) is 9.97 Å². The standard InChI is InChI=1S/C23H22F3N5O2/c24-23(25,26)15-28-21(32)17-6-4-16(5-7-17)20-8-9-27-22(30-20)29-18-2-1-3-19(14-18)31-10-12-33-13-11-31/h1-9,14H,10-13,15H2,(H,28,32)(H,27,29,30). The van der Waals surface area contributed by atoms with Gasteiger partial charge in [0.2, 0.25) is 5.95 Å². The average Bonchev–Trinajstić information content (AvgIpc) is 2.83. The first-order chi connectivity index (χ1) is 15.9. The lowest BCUT2D eigenvalue weighted by Gasteiger charge is -2.29. The number of carbonyl (C=O) groups is 1. The maximum absolute atomic E-state index is 12.3.